The van der Waals surface area contributed by atoms with Gasteiger partial charge < -0.3 is 56.0 Å². The first-order valence-electron chi connectivity index (χ1n) is 30.8. The maximum atomic E-state index is 16.5. The lowest BCUT2D eigenvalue weighted by molar-refractivity contribution is -0.135. The molecule has 6 aromatic rings. The van der Waals surface area contributed by atoms with Crippen LogP contribution < -0.4 is 36.6 Å². The van der Waals surface area contributed by atoms with E-state index in [-0.39, 0.29) is 106 Å². The van der Waals surface area contributed by atoms with E-state index in [1.807, 2.05) is 77.1 Å². The molecule has 6 amide bonds. The summed E-state index contributed by atoms with van der Waals surface area (Å²) in [5.74, 6) is -4.01. The number of para-hydroxylation sites is 1. The Morgan fingerprint density at radius 1 is 0.923 bits per heavy atom. The minimum absolute atomic E-state index is 0.00159. The number of aryl methyl sites for hydroxylation is 4. The average molecular weight is 1290 g/mol. The molecular weight excluding hydrogens is 1210 g/mol. The van der Waals surface area contributed by atoms with E-state index in [9.17, 15) is 48.3 Å². The summed E-state index contributed by atoms with van der Waals surface area (Å²) in [6.07, 6.45) is -1.37. The molecule has 1 saturated heterocycles. The van der Waals surface area contributed by atoms with Gasteiger partial charge in [0.2, 0.25) is 29.5 Å². The smallest absolute Gasteiger partial charge is 0.401 e. The number of thiazole rings is 1. The Labute approximate surface area is 532 Å². The van der Waals surface area contributed by atoms with Crippen LogP contribution in [0.3, 0.4) is 0 Å². The molecule has 8 atom stereocenters. The Morgan fingerprint density at radius 3 is 2.32 bits per heavy atom. The van der Waals surface area contributed by atoms with E-state index in [1.165, 1.54) is 34.1 Å². The quantitative estimate of drug-likeness (QED) is 0.0228. The van der Waals surface area contributed by atoms with Gasteiger partial charge in [-0.3, -0.25) is 47.9 Å². The van der Waals surface area contributed by atoms with Crippen molar-refractivity contribution in [1.29, 1.82) is 0 Å². The molecule has 91 heavy (non-hydrogen) atoms. The van der Waals surface area contributed by atoms with Gasteiger partial charge in [0.1, 0.15) is 30.6 Å². The lowest BCUT2D eigenvalue weighted by Crippen LogP contribution is -2.60. The molecule has 4 aromatic carbocycles. The number of fused-ring (bicyclic) bond motifs is 1. The van der Waals surface area contributed by atoms with Crippen LogP contribution in [0, 0.1) is 25.1 Å². The molecule has 1 fully saturated rings. The van der Waals surface area contributed by atoms with Crippen LogP contribution in [0.15, 0.2) is 84.4 Å². The fourth-order valence-electron chi connectivity index (χ4n) is 12.2. The van der Waals surface area contributed by atoms with Crippen LogP contribution in [-0.2, 0) is 56.8 Å². The summed E-state index contributed by atoms with van der Waals surface area (Å²) in [7, 11) is -4.13. The summed E-state index contributed by atoms with van der Waals surface area (Å²) < 4.78 is 46.3. The Balaban J connectivity index is 0.815. The third kappa shape index (κ3) is 15.6. The van der Waals surface area contributed by atoms with Crippen molar-refractivity contribution in [2.45, 2.75) is 162 Å². The molecule has 3 aliphatic heterocycles. The summed E-state index contributed by atoms with van der Waals surface area (Å²) in [5, 5.41) is 35.1. The highest BCUT2D eigenvalue weighted by Crippen LogP contribution is 2.51. The molecule has 0 aliphatic carbocycles. The van der Waals surface area contributed by atoms with E-state index >= 15 is 4.39 Å². The number of amides is 6. The summed E-state index contributed by atoms with van der Waals surface area (Å²) >= 11 is 1.55. The maximum absolute atomic E-state index is 16.5. The molecule has 1 unspecified atom stereocenters. The molecule has 3 aliphatic rings. The van der Waals surface area contributed by atoms with Crippen LogP contribution in [0.25, 0.3) is 21.3 Å². The van der Waals surface area contributed by atoms with E-state index in [4.69, 9.17) is 19.5 Å². The summed E-state index contributed by atoms with van der Waals surface area (Å²) in [5.41, 5.74) is 12.3. The zero-order valence-electron chi connectivity index (χ0n) is 52.4. The van der Waals surface area contributed by atoms with Crippen LogP contribution in [0.5, 0.6) is 5.75 Å². The van der Waals surface area contributed by atoms with Crippen LogP contribution >= 0.6 is 18.9 Å². The number of hydrogen-bond donors (Lipinski definition) is 8. The van der Waals surface area contributed by atoms with E-state index in [1.54, 1.807) is 49.8 Å². The number of nitrogens with two attached hydrogens (primary N) is 1. The van der Waals surface area contributed by atoms with Gasteiger partial charge in [0.15, 0.2) is 11.6 Å². The summed E-state index contributed by atoms with van der Waals surface area (Å²) in [6, 6.07) is 17.3. The number of rotatable bonds is 27. The van der Waals surface area contributed by atoms with Crippen LogP contribution in [-0.4, -0.2) is 135 Å². The number of likely N-dealkylation sites (tertiary alicyclic amines) is 1. The molecule has 25 heteroatoms. The highest BCUT2D eigenvalue weighted by atomic mass is 32.1. The minimum atomic E-state index is -4.13. The molecule has 0 spiro atoms. The lowest BCUT2D eigenvalue weighted by Gasteiger charge is -2.40. The molecule has 486 valence electrons. The van der Waals surface area contributed by atoms with Gasteiger partial charge in [0.05, 0.1) is 65.3 Å². The molecule has 0 saturated carbocycles. The van der Waals surface area contributed by atoms with Gasteiger partial charge in [-0.25, -0.2) is 9.37 Å². The predicted octanol–water partition coefficient (Wildman–Crippen LogP) is 7.77. The number of ether oxygens (including phenoxy) is 1. The zero-order chi connectivity index (χ0) is 65.6. The highest BCUT2D eigenvalue weighted by molar-refractivity contribution is 7.72. The zero-order valence-corrected chi connectivity index (χ0v) is 54.1. The molecular formula is C66H81FN9O13PS. The number of halogens is 1. The average Bonchev–Trinajstić information content (AvgIpc) is 1.62. The fraction of sp³-hybridized carbons (Fsp3) is 0.455. The lowest BCUT2D eigenvalue weighted by atomic mass is 9.84. The summed E-state index contributed by atoms with van der Waals surface area (Å²) in [4.78, 5) is 108. The van der Waals surface area contributed by atoms with Crippen LogP contribution in [0.2, 0.25) is 0 Å². The number of aliphatic hydroxyl groups is 2. The first-order chi connectivity index (χ1) is 43.3. The highest BCUT2D eigenvalue weighted by Gasteiger charge is 2.47. The molecule has 5 heterocycles. The number of nitrogens with one attached hydrogen (secondary N) is 5. The molecule has 9 rings (SSSR count). The molecule has 2 aromatic heterocycles. The van der Waals surface area contributed by atoms with Gasteiger partial charge in [-0.15, -0.1) is 11.3 Å². The predicted molar refractivity (Wildman–Crippen MR) is 342 cm³/mol. The number of anilines is 1. The Kier molecular flexibility index (Phi) is 21.5. The first kappa shape index (κ1) is 67.7. The maximum Gasteiger partial charge on any atom is 0.401 e. The molecule has 0 radical (unpaired) electrons. The van der Waals surface area contributed by atoms with Gasteiger partial charge in [-0.05, 0) is 142 Å². The number of primary amides is 1. The fourth-order valence-corrected chi connectivity index (χ4v) is 14.5. The number of benzene rings is 4. The third-order valence-electron chi connectivity index (χ3n) is 16.9. The van der Waals surface area contributed by atoms with Crippen molar-refractivity contribution >= 4 is 76.5 Å². The van der Waals surface area contributed by atoms with Crippen LogP contribution in [0.4, 0.5) is 10.1 Å². The van der Waals surface area contributed by atoms with Crippen molar-refractivity contribution in [3.63, 3.8) is 0 Å². The summed E-state index contributed by atoms with van der Waals surface area (Å²) in [6.45, 7) is 14.0. The topological polar surface area (TPSA) is 314 Å². The van der Waals surface area contributed by atoms with E-state index < -0.39 is 102 Å². The van der Waals surface area contributed by atoms with E-state index in [0.29, 0.717) is 28.6 Å². The number of aromatic amines is 1. The number of H-pyrrole nitrogens is 1. The van der Waals surface area contributed by atoms with Gasteiger partial charge in [-0.1, -0.05) is 69.3 Å². The third-order valence-corrected chi connectivity index (χ3v) is 19.8. The Hall–Kier alpha value is -7.70. The van der Waals surface area contributed by atoms with Gasteiger partial charge in [-0.2, -0.15) is 0 Å². The van der Waals surface area contributed by atoms with Gasteiger partial charge in [0, 0.05) is 42.3 Å². The van der Waals surface area contributed by atoms with Crippen molar-refractivity contribution in [2.24, 2.45) is 11.1 Å². The van der Waals surface area contributed by atoms with Crippen molar-refractivity contribution in [3.8, 4) is 16.2 Å². The normalized spacial score (nSPS) is 18.8. The Bertz CT molecular complexity index is 3750. The monoisotopic (exact) mass is 1290 g/mol. The number of carbonyl (C=O) groups is 7. The number of aliphatic hydroxyl groups excluding tert-OH is 2. The largest absolute Gasteiger partial charge is 0.488 e. The number of aromatic nitrogens is 2. The number of nitrogens with zero attached hydrogens (tertiary/aromatic N) is 3. The molecule has 22 nitrogen and oxygen atoms in total. The van der Waals surface area contributed by atoms with Gasteiger partial charge in [0.25, 0.3) is 11.4 Å². The number of hydrogen-bond acceptors (Lipinski definition) is 16. The second-order valence-corrected chi connectivity index (χ2v) is 27.5. The van der Waals surface area contributed by atoms with Crippen molar-refractivity contribution in [3.05, 3.63) is 135 Å². The first-order valence-corrected chi connectivity index (χ1v) is 33.2. The number of β-amino-alcohol motifs (C(OH)–C–C–N with tert-alkyl or cyclic N) is 1. The van der Waals surface area contributed by atoms with Gasteiger partial charge >= 0.3 is 7.60 Å². The van der Waals surface area contributed by atoms with E-state index in [0.717, 1.165) is 32.8 Å². The minimum Gasteiger partial charge on any atom is -0.488 e. The SMILES string of the molecule is CCOP(=O)(OCC)C(=O)c1ccc2[nH]c(C(=O)N[C@H]3CCc4cccc5c4N(C3=O)[C@H](C(=O)N[C@@H](CCC(N)=O)COc3cc(C)cc(CCCC(=O)N[C@H](C(O)N4C[C@H](O)C[C@H]4C(=O)N[C@@H](C)c4ccc(-c6scnc6C)cc4)C(C)(C)C)c3F)C5)cc2c1. The second-order valence-electron chi connectivity index (χ2n) is 24.7. The molecule has 0 bridgehead atoms. The van der Waals surface area contributed by atoms with Crippen LogP contribution in [0.1, 0.15) is 140 Å². The second kappa shape index (κ2) is 28.9. The van der Waals surface area contributed by atoms with Crippen molar-refractivity contribution < 1.29 is 66.5 Å². The number of carbonyl (C=O) groups excluding carboxylic acids is 7. The van der Waals surface area contributed by atoms with Crippen molar-refractivity contribution in [1.82, 2.24) is 36.1 Å². The van der Waals surface area contributed by atoms with Crippen molar-refractivity contribution in [2.75, 3.05) is 31.3 Å². The standard InChI is InChI=1S/C66H81FN9O13PS/c1-9-88-90(86,89-10-2)65(85)44-22-24-48-45(29-44)30-50(72-48)60(80)73-49-25-21-40-13-11-15-43-31-52(76(57(40)43)63(49)83)62(82)71-46(23-26-54(68)78)34-87-53-28-36(3)27-42(56(53)67)14-12-16-55(79)74-59(66(6,7)8)64(84)75-33-47(77)32-51(75)61(81)70-37(4)39-17-19-41(20-18-39)58-38(5)69-35-91-58/h11,13,15,17-20,22,24,27-30,35,37,46-47,49,51-52,59,64,72,77,84H,9-10,12,14,16,21,23,25-26,31-34H2,1-8H3,(H2,68,78)(H,70,81)(H,71,82)(H,73,80)(H,74,79)/t37-,46-,47+,49-,51-,52-,59+,64?/m0/s1. The van der Waals surface area contributed by atoms with E-state index in [2.05, 4.69) is 31.2 Å². The Morgan fingerprint density at radius 2 is 1.64 bits per heavy atom. The molecule has 9 N–H and O–H groups in total.